The highest BCUT2D eigenvalue weighted by molar-refractivity contribution is 6.39. The average molecular weight is 532 g/mol. The van der Waals surface area contributed by atoms with Gasteiger partial charge in [0.05, 0.1) is 33.8 Å². The minimum absolute atomic E-state index is 0.171. The van der Waals surface area contributed by atoms with Gasteiger partial charge in [0.2, 0.25) is 5.91 Å². The Balaban J connectivity index is 1.65. The van der Waals surface area contributed by atoms with E-state index in [4.69, 9.17) is 62.7 Å². The molecule has 8 heteroatoms. The van der Waals surface area contributed by atoms with Crippen molar-refractivity contribution < 1.29 is 9.53 Å². The predicted octanol–water partition coefficient (Wildman–Crippen LogP) is 8.58. The summed E-state index contributed by atoms with van der Waals surface area (Å²) in [6.45, 7) is 0.342. The van der Waals surface area contributed by atoms with E-state index in [2.05, 4.69) is 5.32 Å². The van der Waals surface area contributed by atoms with Crippen molar-refractivity contribution in [3.63, 3.8) is 0 Å². The van der Waals surface area contributed by atoms with Crippen molar-refractivity contribution in [2.75, 3.05) is 5.32 Å². The molecule has 0 bridgehead atoms. The molecule has 0 aliphatic carbocycles. The van der Waals surface area contributed by atoms with Crippen LogP contribution in [0.1, 0.15) is 30.1 Å². The van der Waals surface area contributed by atoms with Crippen LogP contribution in [-0.2, 0) is 16.1 Å². The lowest BCUT2D eigenvalue weighted by Crippen LogP contribution is -2.20. The standard InChI is InChI=1S/C24H20Cl5NO2/c25-17-8-4-15(5-9-17)14-32-24(16-6-10-18(26)11-7-16)21(29)12-13-22(31)30-23-19(27)2-1-3-20(23)28/h1-11,21,24H,12-14H2,(H,30,31). The third-order valence-electron chi connectivity index (χ3n) is 4.74. The Morgan fingerprint density at radius 3 is 2.00 bits per heavy atom. The van der Waals surface area contributed by atoms with Gasteiger partial charge in [0.15, 0.2) is 0 Å². The number of amides is 1. The number of halogens is 5. The van der Waals surface area contributed by atoms with Gasteiger partial charge in [0.25, 0.3) is 0 Å². The number of benzene rings is 3. The molecule has 0 saturated heterocycles. The monoisotopic (exact) mass is 529 g/mol. The summed E-state index contributed by atoms with van der Waals surface area (Å²) in [6.07, 6.45) is 0.106. The van der Waals surface area contributed by atoms with Gasteiger partial charge >= 0.3 is 0 Å². The number of hydrogen-bond donors (Lipinski definition) is 1. The summed E-state index contributed by atoms with van der Waals surface area (Å²) in [4.78, 5) is 12.5. The highest BCUT2D eigenvalue weighted by atomic mass is 35.5. The molecule has 2 atom stereocenters. The predicted molar refractivity (Wildman–Crippen MR) is 134 cm³/mol. The van der Waals surface area contributed by atoms with Crippen LogP contribution in [0.2, 0.25) is 20.1 Å². The summed E-state index contributed by atoms with van der Waals surface area (Å²) in [7, 11) is 0. The number of para-hydroxylation sites is 1. The van der Waals surface area contributed by atoms with Crippen molar-refractivity contribution in [1.29, 1.82) is 0 Å². The Kier molecular flexibility index (Phi) is 9.54. The lowest BCUT2D eigenvalue weighted by molar-refractivity contribution is -0.116. The molecule has 0 aromatic heterocycles. The van der Waals surface area contributed by atoms with Gasteiger partial charge < -0.3 is 10.1 Å². The summed E-state index contributed by atoms with van der Waals surface area (Å²) >= 11 is 30.9. The number of nitrogens with one attached hydrogen (secondary N) is 1. The second kappa shape index (κ2) is 12.1. The van der Waals surface area contributed by atoms with E-state index in [1.54, 1.807) is 42.5 Å². The Morgan fingerprint density at radius 2 is 1.41 bits per heavy atom. The van der Waals surface area contributed by atoms with E-state index < -0.39 is 11.5 Å². The van der Waals surface area contributed by atoms with Gasteiger partial charge in [-0.15, -0.1) is 11.6 Å². The summed E-state index contributed by atoms with van der Waals surface area (Å²) in [5.41, 5.74) is 2.22. The molecule has 3 nitrogen and oxygen atoms in total. The van der Waals surface area contributed by atoms with Crippen LogP contribution in [0.4, 0.5) is 5.69 Å². The van der Waals surface area contributed by atoms with Gasteiger partial charge in [-0.05, 0) is 53.9 Å². The fourth-order valence-electron chi connectivity index (χ4n) is 3.07. The van der Waals surface area contributed by atoms with E-state index in [1.807, 2.05) is 24.3 Å². The van der Waals surface area contributed by atoms with Crippen molar-refractivity contribution in [3.8, 4) is 0 Å². The summed E-state index contributed by atoms with van der Waals surface area (Å²) in [6, 6.07) is 19.7. The second-order valence-corrected chi connectivity index (χ2v) is 9.36. The van der Waals surface area contributed by atoms with Gasteiger partial charge in [0.1, 0.15) is 0 Å². The molecule has 32 heavy (non-hydrogen) atoms. The maximum absolute atomic E-state index is 12.5. The van der Waals surface area contributed by atoms with Gasteiger partial charge in [-0.2, -0.15) is 0 Å². The molecule has 0 aliphatic rings. The molecule has 168 valence electrons. The van der Waals surface area contributed by atoms with Gasteiger partial charge in [-0.25, -0.2) is 0 Å². The van der Waals surface area contributed by atoms with Crippen LogP contribution in [0.25, 0.3) is 0 Å². The molecule has 1 amide bonds. The number of ether oxygens (including phenoxy) is 1. The zero-order valence-electron chi connectivity index (χ0n) is 16.8. The smallest absolute Gasteiger partial charge is 0.224 e. The first kappa shape index (κ1) is 25.2. The molecule has 0 spiro atoms. The Labute approximate surface area is 212 Å². The number of carbonyl (C=O) groups excluding carboxylic acids is 1. The van der Waals surface area contributed by atoms with E-state index in [0.29, 0.717) is 38.8 Å². The molecule has 0 heterocycles. The quantitative estimate of drug-likeness (QED) is 0.281. The maximum atomic E-state index is 12.5. The minimum Gasteiger partial charge on any atom is -0.367 e. The molecule has 3 rings (SSSR count). The molecule has 3 aromatic carbocycles. The van der Waals surface area contributed by atoms with Crippen LogP contribution in [0.15, 0.2) is 66.7 Å². The summed E-state index contributed by atoms with van der Waals surface area (Å²) in [5, 5.41) is 4.31. The molecule has 0 radical (unpaired) electrons. The fraction of sp³-hybridized carbons (Fsp3) is 0.208. The molecule has 0 fully saturated rings. The first-order chi connectivity index (χ1) is 15.3. The first-order valence-corrected chi connectivity index (χ1v) is 11.8. The lowest BCUT2D eigenvalue weighted by Gasteiger charge is -2.23. The highest BCUT2D eigenvalue weighted by Gasteiger charge is 2.23. The fourth-order valence-corrected chi connectivity index (χ4v) is 4.14. The Bertz CT molecular complexity index is 1020. The Morgan fingerprint density at radius 1 is 0.844 bits per heavy atom. The SMILES string of the molecule is O=C(CCC(Cl)C(OCc1ccc(Cl)cc1)c1ccc(Cl)cc1)Nc1c(Cl)cccc1Cl. The molecule has 1 N–H and O–H groups in total. The lowest BCUT2D eigenvalue weighted by atomic mass is 10.0. The number of anilines is 1. The van der Waals surface area contributed by atoms with Gasteiger partial charge in [0, 0.05) is 16.5 Å². The molecule has 0 aliphatic heterocycles. The molecular formula is C24H20Cl5NO2. The van der Waals surface area contributed by atoms with Crippen molar-refractivity contribution in [2.24, 2.45) is 0 Å². The number of carbonyl (C=O) groups is 1. The van der Waals surface area contributed by atoms with E-state index in [0.717, 1.165) is 11.1 Å². The van der Waals surface area contributed by atoms with E-state index in [1.165, 1.54) is 0 Å². The van der Waals surface area contributed by atoms with Crippen LogP contribution in [0, 0.1) is 0 Å². The first-order valence-electron chi connectivity index (χ1n) is 9.83. The number of rotatable bonds is 9. The Hall–Kier alpha value is -1.46. The van der Waals surface area contributed by atoms with Crippen LogP contribution in [0.3, 0.4) is 0 Å². The number of alkyl halides is 1. The van der Waals surface area contributed by atoms with Crippen molar-refractivity contribution >= 4 is 69.6 Å². The minimum atomic E-state index is -0.462. The second-order valence-electron chi connectivity index (χ2n) is 7.11. The van der Waals surface area contributed by atoms with Crippen LogP contribution in [0.5, 0.6) is 0 Å². The molecular weight excluding hydrogens is 512 g/mol. The summed E-state index contributed by atoms with van der Waals surface area (Å²) < 4.78 is 6.15. The molecule has 3 aromatic rings. The largest absolute Gasteiger partial charge is 0.367 e. The van der Waals surface area contributed by atoms with E-state index in [-0.39, 0.29) is 12.3 Å². The van der Waals surface area contributed by atoms with Crippen molar-refractivity contribution in [3.05, 3.63) is 97.9 Å². The van der Waals surface area contributed by atoms with Gasteiger partial charge in [-0.3, -0.25) is 4.79 Å². The van der Waals surface area contributed by atoms with Crippen molar-refractivity contribution in [1.82, 2.24) is 0 Å². The van der Waals surface area contributed by atoms with Crippen molar-refractivity contribution in [2.45, 2.75) is 30.9 Å². The van der Waals surface area contributed by atoms with Crippen LogP contribution in [-0.4, -0.2) is 11.3 Å². The van der Waals surface area contributed by atoms with Crippen LogP contribution >= 0.6 is 58.0 Å². The third kappa shape index (κ3) is 7.28. The topological polar surface area (TPSA) is 38.3 Å². The van der Waals surface area contributed by atoms with E-state index >= 15 is 0 Å². The maximum Gasteiger partial charge on any atom is 0.224 e. The summed E-state index contributed by atoms with van der Waals surface area (Å²) in [5.74, 6) is -0.238. The highest BCUT2D eigenvalue weighted by Crippen LogP contribution is 2.32. The van der Waals surface area contributed by atoms with Gasteiger partial charge in [-0.1, -0.05) is 76.7 Å². The average Bonchev–Trinajstić information content (AvgIpc) is 2.77. The zero-order valence-corrected chi connectivity index (χ0v) is 20.6. The number of hydrogen-bond acceptors (Lipinski definition) is 2. The molecule has 0 saturated carbocycles. The zero-order chi connectivity index (χ0) is 23.1. The molecule has 2 unspecified atom stereocenters. The third-order valence-corrected chi connectivity index (χ3v) is 6.33. The van der Waals surface area contributed by atoms with E-state index in [9.17, 15) is 4.79 Å². The van der Waals surface area contributed by atoms with Crippen LogP contribution < -0.4 is 5.32 Å². The normalized spacial score (nSPS) is 12.9.